The number of aliphatic hydroxyl groups is 1. The van der Waals surface area contributed by atoms with Gasteiger partial charge < -0.3 is 20.5 Å². The molecule has 92 valence electrons. The number of hydrogen-bond acceptors (Lipinski definition) is 5. The number of nitrogens with one attached hydrogen (secondary N) is 2. The third kappa shape index (κ3) is 2.33. The van der Waals surface area contributed by atoms with Crippen molar-refractivity contribution in [2.45, 2.75) is 13.0 Å². The van der Waals surface area contributed by atoms with E-state index in [9.17, 15) is 15.0 Å². The number of benzene rings is 1. The first-order chi connectivity index (χ1) is 8.13. The van der Waals surface area contributed by atoms with E-state index in [4.69, 9.17) is 0 Å². The van der Waals surface area contributed by atoms with Crippen molar-refractivity contribution in [1.29, 1.82) is 0 Å². The van der Waals surface area contributed by atoms with Crippen LogP contribution in [0.1, 0.15) is 18.6 Å². The van der Waals surface area contributed by atoms with E-state index in [0.29, 0.717) is 22.3 Å². The fraction of sp³-hybridized carbons (Fsp3) is 0.364. The second-order valence-electron chi connectivity index (χ2n) is 3.72. The lowest BCUT2D eigenvalue weighted by Gasteiger charge is -2.12. The smallest absolute Gasteiger partial charge is 0.305 e. The highest BCUT2D eigenvalue weighted by molar-refractivity contribution is 7.16. The Hall–Kier alpha value is -1.37. The van der Waals surface area contributed by atoms with Crippen molar-refractivity contribution in [2.75, 3.05) is 13.1 Å². The van der Waals surface area contributed by atoms with Gasteiger partial charge in [0.15, 0.2) is 0 Å². The molecule has 6 heteroatoms. The van der Waals surface area contributed by atoms with Gasteiger partial charge >= 0.3 is 4.87 Å². The quantitative estimate of drug-likeness (QED) is 0.654. The van der Waals surface area contributed by atoms with Crippen LogP contribution in [0.3, 0.4) is 0 Å². The highest BCUT2D eigenvalue weighted by Gasteiger charge is 2.15. The number of aromatic amines is 1. The highest BCUT2D eigenvalue weighted by atomic mass is 32.1. The number of likely N-dealkylation sites (N-methyl/N-ethyl adjacent to an activating group) is 1. The second kappa shape index (κ2) is 4.87. The molecule has 17 heavy (non-hydrogen) atoms. The number of rotatable bonds is 4. The monoisotopic (exact) mass is 254 g/mol. The first-order valence-electron chi connectivity index (χ1n) is 5.37. The molecule has 0 saturated heterocycles. The Labute approximate surface area is 102 Å². The molecule has 0 fully saturated rings. The topological polar surface area (TPSA) is 85.3 Å². The summed E-state index contributed by atoms with van der Waals surface area (Å²) < 4.78 is 0.611. The highest BCUT2D eigenvalue weighted by Crippen LogP contribution is 2.31. The van der Waals surface area contributed by atoms with Crippen LogP contribution in [0, 0.1) is 0 Å². The average Bonchev–Trinajstić information content (AvgIpc) is 2.69. The van der Waals surface area contributed by atoms with Gasteiger partial charge in [-0.25, -0.2) is 0 Å². The van der Waals surface area contributed by atoms with Crippen LogP contribution in [0.25, 0.3) is 10.2 Å². The van der Waals surface area contributed by atoms with Crippen LogP contribution in [-0.4, -0.2) is 28.3 Å². The molecule has 1 heterocycles. The van der Waals surface area contributed by atoms with Crippen LogP contribution in [0.2, 0.25) is 0 Å². The van der Waals surface area contributed by atoms with Crippen molar-refractivity contribution in [1.82, 2.24) is 10.3 Å². The number of H-pyrrole nitrogens is 1. The number of phenolic OH excluding ortho intramolecular Hbond substituents is 1. The molecule has 0 saturated carbocycles. The molecule has 1 aromatic carbocycles. The summed E-state index contributed by atoms with van der Waals surface area (Å²) in [6.45, 7) is 3.14. The van der Waals surface area contributed by atoms with Crippen LogP contribution in [0.15, 0.2) is 16.9 Å². The minimum absolute atomic E-state index is 0.0257. The lowest BCUT2D eigenvalue weighted by molar-refractivity contribution is 0.177. The summed E-state index contributed by atoms with van der Waals surface area (Å²) in [6, 6.07) is 3.12. The van der Waals surface area contributed by atoms with Gasteiger partial charge in [0, 0.05) is 12.1 Å². The van der Waals surface area contributed by atoms with E-state index < -0.39 is 6.10 Å². The van der Waals surface area contributed by atoms with Gasteiger partial charge in [-0.3, -0.25) is 4.79 Å². The molecular weight excluding hydrogens is 240 g/mol. The van der Waals surface area contributed by atoms with E-state index in [1.54, 1.807) is 6.07 Å². The first kappa shape index (κ1) is 12.1. The van der Waals surface area contributed by atoms with Gasteiger partial charge in [0.1, 0.15) is 11.3 Å². The van der Waals surface area contributed by atoms with E-state index in [-0.39, 0.29) is 10.6 Å². The molecule has 0 spiro atoms. The molecule has 2 rings (SSSR count). The van der Waals surface area contributed by atoms with Crippen molar-refractivity contribution >= 4 is 21.6 Å². The average molecular weight is 254 g/mol. The van der Waals surface area contributed by atoms with E-state index in [1.165, 1.54) is 6.07 Å². The molecule has 4 N–H and O–H groups in total. The molecule has 1 aromatic heterocycles. The number of phenols is 1. The zero-order chi connectivity index (χ0) is 12.4. The molecule has 0 aliphatic carbocycles. The molecule has 2 aromatic rings. The Kier molecular flexibility index (Phi) is 3.46. The minimum atomic E-state index is -0.690. The summed E-state index contributed by atoms with van der Waals surface area (Å²) in [5, 5.41) is 22.6. The number of fused-ring (bicyclic) bond motifs is 1. The van der Waals surface area contributed by atoms with Crippen LogP contribution in [0.5, 0.6) is 5.75 Å². The molecule has 0 radical (unpaired) electrons. The van der Waals surface area contributed by atoms with Gasteiger partial charge in [-0.15, -0.1) is 0 Å². The number of thiazole rings is 1. The maximum absolute atomic E-state index is 11.3. The Balaban J connectivity index is 2.47. The fourth-order valence-corrected chi connectivity index (χ4v) is 2.61. The van der Waals surface area contributed by atoms with Crippen LogP contribution in [0.4, 0.5) is 0 Å². The second-order valence-corrected chi connectivity index (χ2v) is 4.70. The maximum atomic E-state index is 11.3. The van der Waals surface area contributed by atoms with Crippen molar-refractivity contribution < 1.29 is 10.2 Å². The zero-order valence-corrected chi connectivity index (χ0v) is 10.2. The lowest BCUT2D eigenvalue weighted by atomic mass is 10.1. The number of hydrogen-bond donors (Lipinski definition) is 4. The first-order valence-corrected chi connectivity index (χ1v) is 6.18. The van der Waals surface area contributed by atoms with E-state index in [1.807, 2.05) is 6.92 Å². The molecule has 0 aliphatic heterocycles. The molecular formula is C11H14N2O3S. The summed E-state index contributed by atoms with van der Waals surface area (Å²) in [7, 11) is 0. The summed E-state index contributed by atoms with van der Waals surface area (Å²) in [5.41, 5.74) is 1.05. The number of aromatic nitrogens is 1. The van der Waals surface area contributed by atoms with E-state index >= 15 is 0 Å². The predicted octanol–water partition coefficient (Wildman–Crippen LogP) is 0.938. The standard InChI is InChI=1S/C11H14N2O3S/c1-2-12-5-8(15)6-3-4-7(14)9-10(6)17-11(16)13-9/h3-4,8,12,14-15H,2,5H2,1H3,(H,13,16). The fourth-order valence-electron chi connectivity index (χ4n) is 1.69. The third-order valence-electron chi connectivity index (χ3n) is 2.53. The normalized spacial score (nSPS) is 13.1. The van der Waals surface area contributed by atoms with Crippen molar-refractivity contribution in [3.05, 3.63) is 27.4 Å². The summed E-state index contributed by atoms with van der Waals surface area (Å²) in [4.78, 5) is 13.6. The molecule has 0 bridgehead atoms. The molecule has 1 unspecified atom stereocenters. The lowest BCUT2D eigenvalue weighted by Crippen LogP contribution is -2.20. The summed E-state index contributed by atoms with van der Waals surface area (Å²) in [5.74, 6) is 0.0257. The predicted molar refractivity (Wildman–Crippen MR) is 67.6 cm³/mol. The Morgan fingerprint density at radius 1 is 1.53 bits per heavy atom. The minimum Gasteiger partial charge on any atom is -0.506 e. The Morgan fingerprint density at radius 2 is 2.29 bits per heavy atom. The third-order valence-corrected chi connectivity index (χ3v) is 3.47. The summed E-state index contributed by atoms with van der Waals surface area (Å²) >= 11 is 0.996. The largest absolute Gasteiger partial charge is 0.506 e. The van der Waals surface area contributed by atoms with Gasteiger partial charge in [-0.1, -0.05) is 24.3 Å². The molecule has 0 amide bonds. The van der Waals surface area contributed by atoms with Gasteiger partial charge in [-0.2, -0.15) is 0 Å². The summed E-state index contributed by atoms with van der Waals surface area (Å²) in [6.07, 6.45) is -0.690. The number of aromatic hydroxyl groups is 1. The van der Waals surface area contributed by atoms with E-state index in [2.05, 4.69) is 10.3 Å². The maximum Gasteiger partial charge on any atom is 0.305 e. The van der Waals surface area contributed by atoms with Crippen LogP contribution < -0.4 is 10.2 Å². The molecule has 5 nitrogen and oxygen atoms in total. The molecule has 0 aliphatic rings. The van der Waals surface area contributed by atoms with Gasteiger partial charge in [0.2, 0.25) is 0 Å². The molecule has 1 atom stereocenters. The van der Waals surface area contributed by atoms with Crippen molar-refractivity contribution in [3.63, 3.8) is 0 Å². The van der Waals surface area contributed by atoms with Gasteiger partial charge in [0.05, 0.1) is 10.8 Å². The Bertz CT molecular complexity index is 576. The van der Waals surface area contributed by atoms with Gasteiger partial charge in [0.25, 0.3) is 0 Å². The van der Waals surface area contributed by atoms with Crippen LogP contribution in [-0.2, 0) is 0 Å². The Morgan fingerprint density at radius 3 is 3.00 bits per heavy atom. The van der Waals surface area contributed by atoms with Crippen molar-refractivity contribution in [2.24, 2.45) is 0 Å². The van der Waals surface area contributed by atoms with Gasteiger partial charge in [-0.05, 0) is 12.6 Å². The van der Waals surface area contributed by atoms with Crippen molar-refractivity contribution in [3.8, 4) is 5.75 Å². The SMILES string of the molecule is CCNCC(O)c1ccc(O)c2[nH]c(=O)sc12. The zero-order valence-electron chi connectivity index (χ0n) is 9.36. The van der Waals surface area contributed by atoms with Crippen LogP contribution >= 0.6 is 11.3 Å². The van der Waals surface area contributed by atoms with E-state index in [0.717, 1.165) is 17.9 Å². The number of aliphatic hydroxyl groups excluding tert-OH is 1.